The summed E-state index contributed by atoms with van der Waals surface area (Å²) in [5.41, 5.74) is 7.67. The number of aromatic nitrogens is 1. The second-order valence-corrected chi connectivity index (χ2v) is 5.23. The Bertz CT molecular complexity index is 575. The van der Waals surface area contributed by atoms with Gasteiger partial charge in [0.05, 0.1) is 0 Å². The molecule has 0 fully saturated rings. The molecule has 100 valence electrons. The third-order valence-electron chi connectivity index (χ3n) is 2.73. The van der Waals surface area contributed by atoms with Gasteiger partial charge in [-0.25, -0.2) is 0 Å². The van der Waals surface area contributed by atoms with Crippen molar-refractivity contribution < 1.29 is 4.79 Å². The fourth-order valence-electron chi connectivity index (χ4n) is 1.85. The summed E-state index contributed by atoms with van der Waals surface area (Å²) in [5, 5.41) is 2.86. The maximum absolute atomic E-state index is 12.2. The molecule has 0 unspecified atom stereocenters. The molecule has 0 saturated carbocycles. The number of nitrogens with one attached hydrogen (secondary N) is 1. The Kier molecular flexibility index (Phi) is 4.27. The van der Waals surface area contributed by atoms with Crippen LogP contribution < -0.4 is 11.1 Å². The number of rotatable bonds is 4. The van der Waals surface area contributed by atoms with E-state index < -0.39 is 0 Å². The molecule has 0 aliphatic rings. The molecule has 1 aromatic carbocycles. The van der Waals surface area contributed by atoms with Crippen LogP contribution in [0, 0.1) is 0 Å². The zero-order valence-corrected chi connectivity index (χ0v) is 12.3. The zero-order chi connectivity index (χ0) is 13.8. The number of hydrogen-bond donors (Lipinski definition) is 2. The van der Waals surface area contributed by atoms with Crippen LogP contribution >= 0.6 is 15.9 Å². The van der Waals surface area contributed by atoms with Gasteiger partial charge < -0.3 is 15.6 Å². The highest BCUT2D eigenvalue weighted by Gasteiger charge is 2.12. The first kappa shape index (κ1) is 13.7. The number of nitrogens with zero attached hydrogens (tertiary/aromatic N) is 1. The van der Waals surface area contributed by atoms with Crippen LogP contribution in [0.2, 0.25) is 0 Å². The summed E-state index contributed by atoms with van der Waals surface area (Å²) in [6, 6.07) is 8.92. The minimum absolute atomic E-state index is 0.121. The lowest BCUT2D eigenvalue weighted by Crippen LogP contribution is -2.16. The molecule has 0 radical (unpaired) electrons. The van der Waals surface area contributed by atoms with Gasteiger partial charge in [-0.2, -0.15) is 0 Å². The molecule has 1 amide bonds. The third kappa shape index (κ3) is 3.38. The predicted molar refractivity (Wildman–Crippen MR) is 81.2 cm³/mol. The minimum Gasteiger partial charge on any atom is -0.399 e. The Hall–Kier alpha value is -1.75. The molecule has 4 nitrogen and oxygen atoms in total. The zero-order valence-electron chi connectivity index (χ0n) is 10.7. The van der Waals surface area contributed by atoms with Crippen LogP contribution in [-0.4, -0.2) is 10.5 Å². The highest BCUT2D eigenvalue weighted by atomic mass is 79.9. The second-order valence-electron chi connectivity index (χ2n) is 4.31. The fourth-order valence-corrected chi connectivity index (χ4v) is 2.32. The van der Waals surface area contributed by atoms with Crippen LogP contribution in [0.4, 0.5) is 11.4 Å². The Morgan fingerprint density at radius 2 is 2.05 bits per heavy atom. The molecule has 0 bridgehead atoms. The lowest BCUT2D eigenvalue weighted by atomic mass is 10.2. The SMILES string of the molecule is CCCn1cc(Br)cc1C(=O)Nc1ccc(N)cc1. The normalized spacial score (nSPS) is 10.4. The second kappa shape index (κ2) is 5.93. The number of nitrogen functional groups attached to an aromatic ring is 1. The number of halogens is 1. The highest BCUT2D eigenvalue weighted by Crippen LogP contribution is 2.18. The maximum atomic E-state index is 12.2. The van der Waals surface area contributed by atoms with Crippen LogP contribution in [0.15, 0.2) is 41.0 Å². The first-order chi connectivity index (χ1) is 9.10. The van der Waals surface area contributed by atoms with Gasteiger partial charge in [0, 0.05) is 28.6 Å². The predicted octanol–water partition coefficient (Wildman–Crippen LogP) is 3.50. The fraction of sp³-hybridized carbons (Fsp3) is 0.214. The number of carbonyl (C=O) groups excluding carboxylic acids is 1. The van der Waals surface area contributed by atoms with Crippen molar-refractivity contribution in [2.24, 2.45) is 0 Å². The van der Waals surface area contributed by atoms with E-state index in [-0.39, 0.29) is 5.91 Å². The average molecular weight is 322 g/mol. The molecule has 5 heteroatoms. The number of nitrogens with two attached hydrogens (primary N) is 1. The summed E-state index contributed by atoms with van der Waals surface area (Å²) < 4.78 is 2.85. The van der Waals surface area contributed by atoms with E-state index in [1.165, 1.54) is 0 Å². The lowest BCUT2D eigenvalue weighted by molar-refractivity contribution is 0.101. The van der Waals surface area contributed by atoms with Crippen LogP contribution in [0.3, 0.4) is 0 Å². The van der Waals surface area contributed by atoms with Crippen molar-refractivity contribution in [1.29, 1.82) is 0 Å². The van der Waals surface area contributed by atoms with Crippen LogP contribution in [0.25, 0.3) is 0 Å². The van der Waals surface area contributed by atoms with Gasteiger partial charge in [-0.15, -0.1) is 0 Å². The Labute approximate surface area is 120 Å². The molecule has 2 aromatic rings. The summed E-state index contributed by atoms with van der Waals surface area (Å²) in [7, 11) is 0. The lowest BCUT2D eigenvalue weighted by Gasteiger charge is -2.08. The molecule has 0 aliphatic carbocycles. The third-order valence-corrected chi connectivity index (χ3v) is 3.16. The van der Waals surface area contributed by atoms with Crippen molar-refractivity contribution in [2.75, 3.05) is 11.1 Å². The summed E-state index contributed by atoms with van der Waals surface area (Å²) in [5.74, 6) is -0.121. The first-order valence-corrected chi connectivity index (χ1v) is 6.92. The van der Waals surface area contributed by atoms with E-state index in [0.717, 1.165) is 23.1 Å². The molecule has 0 saturated heterocycles. The van der Waals surface area contributed by atoms with Gasteiger partial charge in [-0.1, -0.05) is 6.92 Å². The van der Waals surface area contributed by atoms with Gasteiger partial charge in [-0.3, -0.25) is 4.79 Å². The molecule has 0 aliphatic heterocycles. The number of aryl methyl sites for hydroxylation is 1. The first-order valence-electron chi connectivity index (χ1n) is 6.12. The van der Waals surface area contributed by atoms with E-state index in [0.29, 0.717) is 11.4 Å². The van der Waals surface area contributed by atoms with E-state index in [1.807, 2.05) is 16.8 Å². The highest BCUT2D eigenvalue weighted by molar-refractivity contribution is 9.10. The van der Waals surface area contributed by atoms with E-state index in [2.05, 4.69) is 28.2 Å². The molecule has 1 aromatic heterocycles. The van der Waals surface area contributed by atoms with E-state index in [4.69, 9.17) is 5.73 Å². The molecule has 2 rings (SSSR count). The molecule has 3 N–H and O–H groups in total. The number of carbonyl (C=O) groups is 1. The van der Waals surface area contributed by atoms with Crippen molar-refractivity contribution in [3.63, 3.8) is 0 Å². The van der Waals surface area contributed by atoms with Gasteiger partial charge in [0.1, 0.15) is 5.69 Å². The van der Waals surface area contributed by atoms with Crippen molar-refractivity contribution in [3.05, 3.63) is 46.7 Å². The maximum Gasteiger partial charge on any atom is 0.272 e. The Balaban J connectivity index is 2.17. The van der Waals surface area contributed by atoms with Gasteiger partial charge in [-0.05, 0) is 52.7 Å². The molecular formula is C14H16BrN3O. The van der Waals surface area contributed by atoms with Crippen LogP contribution in [-0.2, 0) is 6.54 Å². The quantitative estimate of drug-likeness (QED) is 0.847. The molecule has 1 heterocycles. The van der Waals surface area contributed by atoms with E-state index >= 15 is 0 Å². The molecular weight excluding hydrogens is 306 g/mol. The number of hydrogen-bond acceptors (Lipinski definition) is 2. The monoisotopic (exact) mass is 321 g/mol. The largest absolute Gasteiger partial charge is 0.399 e. The smallest absolute Gasteiger partial charge is 0.272 e. The van der Waals surface area contributed by atoms with Crippen LogP contribution in [0.5, 0.6) is 0 Å². The topological polar surface area (TPSA) is 60.0 Å². The van der Waals surface area contributed by atoms with Crippen molar-refractivity contribution in [2.45, 2.75) is 19.9 Å². The number of amides is 1. The summed E-state index contributed by atoms with van der Waals surface area (Å²) >= 11 is 3.40. The summed E-state index contributed by atoms with van der Waals surface area (Å²) in [4.78, 5) is 12.2. The van der Waals surface area contributed by atoms with Gasteiger partial charge in [0.25, 0.3) is 5.91 Å². The van der Waals surface area contributed by atoms with E-state index in [9.17, 15) is 4.79 Å². The molecule has 19 heavy (non-hydrogen) atoms. The van der Waals surface area contributed by atoms with Crippen LogP contribution in [0.1, 0.15) is 23.8 Å². The van der Waals surface area contributed by atoms with Gasteiger partial charge >= 0.3 is 0 Å². The van der Waals surface area contributed by atoms with Crippen molar-refractivity contribution >= 4 is 33.2 Å². The standard InChI is InChI=1S/C14H16BrN3O/c1-2-7-18-9-10(15)8-13(18)14(19)17-12-5-3-11(16)4-6-12/h3-6,8-9H,2,7,16H2,1H3,(H,17,19). The van der Waals surface area contributed by atoms with Crippen molar-refractivity contribution in [1.82, 2.24) is 4.57 Å². The van der Waals surface area contributed by atoms with Gasteiger partial charge in [0.15, 0.2) is 0 Å². The van der Waals surface area contributed by atoms with E-state index in [1.54, 1.807) is 24.3 Å². The Morgan fingerprint density at radius 1 is 1.37 bits per heavy atom. The average Bonchev–Trinajstić information content (AvgIpc) is 2.74. The van der Waals surface area contributed by atoms with Crippen molar-refractivity contribution in [3.8, 4) is 0 Å². The molecule has 0 spiro atoms. The van der Waals surface area contributed by atoms with Gasteiger partial charge in [0.2, 0.25) is 0 Å². The molecule has 0 atom stereocenters. The summed E-state index contributed by atoms with van der Waals surface area (Å²) in [6.45, 7) is 2.89. The number of anilines is 2. The Morgan fingerprint density at radius 3 is 2.68 bits per heavy atom. The summed E-state index contributed by atoms with van der Waals surface area (Å²) in [6.07, 6.45) is 2.89. The minimum atomic E-state index is -0.121. The number of benzene rings is 1.